The van der Waals surface area contributed by atoms with Crippen molar-refractivity contribution in [3.63, 3.8) is 0 Å². The summed E-state index contributed by atoms with van der Waals surface area (Å²) in [6.07, 6.45) is 17.1. The van der Waals surface area contributed by atoms with E-state index in [1.54, 1.807) is 0 Å². The topological polar surface area (TPSA) is 24.7 Å². The highest BCUT2D eigenvalue weighted by molar-refractivity contribution is 6.06. The van der Waals surface area contributed by atoms with Crippen molar-refractivity contribution in [3.05, 3.63) is 101 Å². The Hall–Kier alpha value is -3.00. The molecule has 30 heavy (non-hydrogen) atoms. The van der Waals surface area contributed by atoms with Crippen LogP contribution in [0.15, 0.2) is 105 Å². The third-order valence-electron chi connectivity index (χ3n) is 6.56. The normalized spacial score (nSPS) is 29.9. The van der Waals surface area contributed by atoms with Gasteiger partial charge in [-0.25, -0.2) is 0 Å². The molecule has 3 atom stereocenters. The Morgan fingerprint density at radius 2 is 1.73 bits per heavy atom. The Balaban J connectivity index is 1.65. The summed E-state index contributed by atoms with van der Waals surface area (Å²) in [6, 6.07) is 10.6. The quantitative estimate of drug-likeness (QED) is 0.552. The van der Waals surface area contributed by atoms with Crippen LogP contribution in [0.4, 0.5) is 0 Å². The number of nitrogens with zero attached hydrogens (tertiary/aromatic N) is 2. The third-order valence-corrected chi connectivity index (χ3v) is 6.56. The first kappa shape index (κ1) is 19.0. The molecular weight excluding hydrogens is 364 g/mol. The lowest BCUT2D eigenvalue weighted by Crippen LogP contribution is -2.45. The Kier molecular flexibility index (Phi) is 4.47. The maximum atomic E-state index is 5.18. The number of fused-ring (bicyclic) bond motifs is 3. The highest BCUT2D eigenvalue weighted by atomic mass is 15.0. The first-order chi connectivity index (χ1) is 14.5. The first-order valence-corrected chi connectivity index (χ1v) is 10.9. The zero-order chi connectivity index (χ0) is 20.9. The van der Waals surface area contributed by atoms with Crippen LogP contribution in [-0.4, -0.2) is 23.0 Å². The average Bonchev–Trinajstić information content (AvgIpc) is 2.74. The fourth-order valence-electron chi connectivity index (χ4n) is 5.05. The number of rotatable bonds is 2. The van der Waals surface area contributed by atoms with Gasteiger partial charge in [0.2, 0.25) is 0 Å². The van der Waals surface area contributed by atoms with Gasteiger partial charge in [0, 0.05) is 11.4 Å². The average molecular weight is 393 g/mol. The molecule has 0 bridgehead atoms. The summed E-state index contributed by atoms with van der Waals surface area (Å²) < 4.78 is 0. The van der Waals surface area contributed by atoms with Crippen molar-refractivity contribution in [2.45, 2.75) is 45.7 Å². The number of hydrogen-bond donors (Lipinski definition) is 0. The van der Waals surface area contributed by atoms with Crippen LogP contribution in [0.5, 0.6) is 0 Å². The van der Waals surface area contributed by atoms with E-state index in [2.05, 4.69) is 101 Å². The maximum Gasteiger partial charge on any atom is 0.110 e. The van der Waals surface area contributed by atoms with E-state index < -0.39 is 5.54 Å². The van der Waals surface area contributed by atoms with Gasteiger partial charge in [0.1, 0.15) is 11.6 Å². The van der Waals surface area contributed by atoms with Crippen LogP contribution in [0.3, 0.4) is 0 Å². The highest BCUT2D eigenvalue weighted by Gasteiger charge is 2.46. The van der Waals surface area contributed by atoms with Crippen LogP contribution in [0.1, 0.15) is 39.7 Å². The Labute approximate surface area is 179 Å². The van der Waals surface area contributed by atoms with Crippen LogP contribution < -0.4 is 0 Å². The second-order valence-electron chi connectivity index (χ2n) is 8.99. The van der Waals surface area contributed by atoms with E-state index >= 15 is 0 Å². The fourth-order valence-corrected chi connectivity index (χ4v) is 5.05. The summed E-state index contributed by atoms with van der Waals surface area (Å²) in [5.74, 6) is 0.608. The number of aliphatic imine (C=N–C) groups is 2. The van der Waals surface area contributed by atoms with Crippen molar-refractivity contribution in [1.29, 1.82) is 0 Å². The minimum Gasteiger partial charge on any atom is -0.279 e. The fraction of sp³-hybridized carbons (Fsp3) is 0.286. The zero-order valence-corrected chi connectivity index (χ0v) is 18.2. The zero-order valence-electron chi connectivity index (χ0n) is 18.2. The molecule has 0 N–H and O–H groups in total. The molecule has 0 saturated carbocycles. The SMILES string of the molecule is CC1=NC2C(=CC=C3C(c4ccccc4)=CC(C)=NC32C)C(C2=CCC(C)C=C2)=C1. The van der Waals surface area contributed by atoms with E-state index in [4.69, 9.17) is 9.98 Å². The molecule has 150 valence electrons. The molecule has 2 heterocycles. The molecule has 2 heteroatoms. The van der Waals surface area contributed by atoms with Gasteiger partial charge >= 0.3 is 0 Å². The molecular formula is C28H28N2. The minimum atomic E-state index is -0.402. The second kappa shape index (κ2) is 7.05. The van der Waals surface area contributed by atoms with Gasteiger partial charge in [-0.15, -0.1) is 0 Å². The van der Waals surface area contributed by atoms with Crippen LogP contribution in [0.2, 0.25) is 0 Å². The standard InChI is InChI=1S/C28H28N2/c1-18-10-12-22(13-11-18)24-16-19(2)29-27-23(24)14-15-26-25(21-8-6-5-7-9-21)17-20(3)30-28(26,27)4/h5-10,12-18,27H,11H2,1-4H3. The van der Waals surface area contributed by atoms with Crippen LogP contribution >= 0.6 is 0 Å². The van der Waals surface area contributed by atoms with Gasteiger partial charge in [0.05, 0.1) is 0 Å². The lowest BCUT2D eigenvalue weighted by atomic mass is 9.68. The van der Waals surface area contributed by atoms with Crippen molar-refractivity contribution in [1.82, 2.24) is 0 Å². The summed E-state index contributed by atoms with van der Waals surface area (Å²) in [4.78, 5) is 10.3. The molecule has 0 spiro atoms. The van der Waals surface area contributed by atoms with Crippen LogP contribution in [0, 0.1) is 5.92 Å². The largest absolute Gasteiger partial charge is 0.279 e. The summed E-state index contributed by atoms with van der Waals surface area (Å²) in [5, 5.41) is 0. The molecule has 2 aliphatic heterocycles. The van der Waals surface area contributed by atoms with Gasteiger partial charge in [-0.2, -0.15) is 0 Å². The molecule has 2 aliphatic carbocycles. The van der Waals surface area contributed by atoms with E-state index in [0.29, 0.717) is 5.92 Å². The van der Waals surface area contributed by atoms with E-state index in [-0.39, 0.29) is 6.04 Å². The summed E-state index contributed by atoms with van der Waals surface area (Å²) in [6.45, 7) is 8.73. The van der Waals surface area contributed by atoms with Gasteiger partial charge in [-0.05, 0) is 78.7 Å². The van der Waals surface area contributed by atoms with Crippen molar-refractivity contribution in [2.24, 2.45) is 15.9 Å². The summed E-state index contributed by atoms with van der Waals surface area (Å²) in [5.41, 5.74) is 9.38. The molecule has 0 amide bonds. The minimum absolute atomic E-state index is 0.00601. The van der Waals surface area contributed by atoms with Crippen LogP contribution in [-0.2, 0) is 0 Å². The lowest BCUT2D eigenvalue weighted by Gasteiger charge is -2.43. The second-order valence-corrected chi connectivity index (χ2v) is 8.99. The predicted molar refractivity (Wildman–Crippen MR) is 128 cm³/mol. The summed E-state index contributed by atoms with van der Waals surface area (Å²) in [7, 11) is 0. The molecule has 1 aromatic rings. The Morgan fingerprint density at radius 3 is 2.47 bits per heavy atom. The monoisotopic (exact) mass is 392 g/mol. The molecule has 1 aromatic carbocycles. The highest BCUT2D eigenvalue weighted by Crippen LogP contribution is 2.48. The third kappa shape index (κ3) is 3.02. The molecule has 5 rings (SSSR count). The van der Waals surface area contributed by atoms with Gasteiger partial charge in [0.25, 0.3) is 0 Å². The van der Waals surface area contributed by atoms with E-state index in [1.807, 2.05) is 0 Å². The number of hydrogen-bond acceptors (Lipinski definition) is 2. The molecule has 0 radical (unpaired) electrons. The first-order valence-electron chi connectivity index (χ1n) is 10.9. The molecule has 0 saturated heterocycles. The number of dihydropyridines is 2. The summed E-state index contributed by atoms with van der Waals surface area (Å²) >= 11 is 0. The smallest absolute Gasteiger partial charge is 0.110 e. The molecule has 0 fully saturated rings. The van der Waals surface area contributed by atoms with Gasteiger partial charge in [-0.3, -0.25) is 9.98 Å². The van der Waals surface area contributed by atoms with E-state index in [9.17, 15) is 0 Å². The van der Waals surface area contributed by atoms with Crippen molar-refractivity contribution >= 4 is 17.0 Å². The molecule has 0 aromatic heterocycles. The predicted octanol–water partition coefficient (Wildman–Crippen LogP) is 6.46. The molecule has 2 nitrogen and oxygen atoms in total. The van der Waals surface area contributed by atoms with Crippen LogP contribution in [0.25, 0.3) is 5.57 Å². The Morgan fingerprint density at radius 1 is 0.967 bits per heavy atom. The number of allylic oxidation sites excluding steroid dienone is 8. The van der Waals surface area contributed by atoms with Gasteiger partial charge in [0.15, 0.2) is 0 Å². The lowest BCUT2D eigenvalue weighted by molar-refractivity contribution is 0.484. The van der Waals surface area contributed by atoms with E-state index in [1.165, 1.54) is 33.4 Å². The molecule has 3 unspecified atom stereocenters. The van der Waals surface area contributed by atoms with Crippen molar-refractivity contribution in [2.75, 3.05) is 0 Å². The van der Waals surface area contributed by atoms with E-state index in [0.717, 1.165) is 17.8 Å². The van der Waals surface area contributed by atoms with Crippen molar-refractivity contribution < 1.29 is 0 Å². The van der Waals surface area contributed by atoms with Crippen molar-refractivity contribution in [3.8, 4) is 0 Å². The molecule has 4 aliphatic rings. The van der Waals surface area contributed by atoms with Gasteiger partial charge < -0.3 is 0 Å². The Bertz CT molecular complexity index is 1150. The maximum absolute atomic E-state index is 5.18. The van der Waals surface area contributed by atoms with Gasteiger partial charge in [-0.1, -0.05) is 67.6 Å². The number of benzene rings is 1.